The standard InChI is InChI=1S/C17H15N2.C16H14.2C15H14N.9C2H6/c1-12-18(2)11-17-15-9-4-3-7-13(15)14-8-5-6-10-16(14)19(12)17;1-11-12(2)14-8-4-6-10-16(14)15-9-5-3-7-13(11)15;1-11-5-3-6-12-8-9-13-7-4-10-16(2)15(13)14(11)12;1-11-12-7-3-4-8-13(12)14-9-5-6-10-15(14)16(11)2;9*1-2/h3-11H,1-2H3;3*3-10H,1-2H3;9*1-2H3/q+1;;2*+1;;;;;;;;;. The van der Waals surface area contributed by atoms with Gasteiger partial charge in [-0.3, -0.25) is 0 Å². The summed E-state index contributed by atoms with van der Waals surface area (Å²) in [7, 11) is 6.34. The molecule has 4 heteroatoms. The third kappa shape index (κ3) is 17.3. The van der Waals surface area contributed by atoms with Crippen molar-refractivity contribution in [1.82, 2.24) is 4.40 Å². The third-order valence-electron chi connectivity index (χ3n) is 14.1. The Morgan fingerprint density at radius 2 is 0.659 bits per heavy atom. The summed E-state index contributed by atoms with van der Waals surface area (Å²) in [4.78, 5) is 0. The lowest BCUT2D eigenvalue weighted by Crippen LogP contribution is -2.33. The van der Waals surface area contributed by atoms with Gasteiger partial charge < -0.3 is 0 Å². The Hall–Kier alpha value is -7.95. The van der Waals surface area contributed by atoms with Crippen molar-refractivity contribution in [2.75, 3.05) is 0 Å². The minimum absolute atomic E-state index is 1.25. The van der Waals surface area contributed by atoms with Crippen molar-refractivity contribution < 1.29 is 13.7 Å². The second kappa shape index (κ2) is 40.3. The van der Waals surface area contributed by atoms with Gasteiger partial charge in [0, 0.05) is 52.9 Å². The Morgan fingerprint density at radius 3 is 1.15 bits per heavy atom. The van der Waals surface area contributed by atoms with Crippen molar-refractivity contribution >= 4 is 92.1 Å². The van der Waals surface area contributed by atoms with Gasteiger partial charge in [0.1, 0.15) is 25.8 Å². The van der Waals surface area contributed by atoms with E-state index < -0.39 is 0 Å². The summed E-state index contributed by atoms with van der Waals surface area (Å²) in [5, 5.41) is 17.4. The Labute approximate surface area is 516 Å². The molecule has 0 spiro atoms. The summed E-state index contributed by atoms with van der Waals surface area (Å²) >= 11 is 0. The maximum Gasteiger partial charge on any atom is 0.258 e. The number of imidazole rings is 1. The molecule has 0 aliphatic carbocycles. The zero-order valence-corrected chi connectivity index (χ0v) is 57.8. The first-order valence-corrected chi connectivity index (χ1v) is 32.3. The van der Waals surface area contributed by atoms with E-state index in [1.165, 1.54) is 120 Å². The fourth-order valence-electron chi connectivity index (χ4n) is 10.3. The lowest BCUT2D eigenvalue weighted by atomic mass is 9.93. The monoisotopic (exact) mass is 1140 g/mol. The highest BCUT2D eigenvalue weighted by atomic mass is 15.1. The Bertz CT molecular complexity index is 3720. The van der Waals surface area contributed by atoms with Crippen LogP contribution >= 0.6 is 0 Å². The number of nitrogens with zero attached hydrogens (tertiary/aromatic N) is 4. The van der Waals surface area contributed by atoms with Crippen LogP contribution in [0.2, 0.25) is 0 Å². The van der Waals surface area contributed by atoms with Crippen LogP contribution in [0, 0.1) is 34.6 Å². The first-order chi connectivity index (χ1) is 41.6. The van der Waals surface area contributed by atoms with Crippen molar-refractivity contribution in [3.63, 3.8) is 0 Å². The van der Waals surface area contributed by atoms with E-state index in [1.807, 2.05) is 125 Å². The van der Waals surface area contributed by atoms with Crippen molar-refractivity contribution in [2.45, 2.75) is 159 Å². The third-order valence-corrected chi connectivity index (χ3v) is 14.1. The Balaban J connectivity index is 0.000000520. The molecule has 0 fully saturated rings. The van der Waals surface area contributed by atoms with E-state index in [9.17, 15) is 0 Å². The molecule has 0 amide bonds. The van der Waals surface area contributed by atoms with Gasteiger partial charge in [-0.2, -0.15) is 8.97 Å². The van der Waals surface area contributed by atoms with Gasteiger partial charge in [-0.25, -0.2) is 9.13 Å². The zero-order chi connectivity index (χ0) is 64.3. The highest BCUT2D eigenvalue weighted by molar-refractivity contribution is 6.13. The van der Waals surface area contributed by atoms with E-state index in [0.717, 1.165) is 0 Å². The van der Waals surface area contributed by atoms with Gasteiger partial charge in [0.05, 0.1) is 17.8 Å². The Kier molecular flexibility index (Phi) is 35.6. The van der Waals surface area contributed by atoms with Gasteiger partial charge in [-0.15, -0.1) is 0 Å². The second-order valence-electron chi connectivity index (χ2n) is 17.9. The van der Waals surface area contributed by atoms with E-state index in [1.54, 1.807) is 0 Å². The number of aryl methyl sites for hydroxylation is 8. The quantitative estimate of drug-likeness (QED) is 0.106. The van der Waals surface area contributed by atoms with Crippen molar-refractivity contribution in [1.29, 1.82) is 0 Å². The average molecular weight is 1140 g/mol. The van der Waals surface area contributed by atoms with Gasteiger partial charge >= 0.3 is 0 Å². The summed E-state index contributed by atoms with van der Waals surface area (Å²) in [6, 6.07) is 66.8. The SMILES string of the molecule is CC.CC.CC.CC.CC.CC.CC.CC.CC.Cc1c(C)c2ccccc2c2ccccc12.Cc1c2ccccc2c2ccccc2[n+]1C.Cc1cccc2ccc3ccc[n+](C)c3c12.Cc1n2c3ccccc3c3ccccc3c2c[n+]1C. The molecule has 4 aromatic heterocycles. The molecule has 452 valence electrons. The van der Waals surface area contributed by atoms with E-state index in [4.69, 9.17) is 0 Å². The molecule has 0 unspecified atom stereocenters. The molecular weight excluding hydrogens is 1030 g/mol. The zero-order valence-electron chi connectivity index (χ0n) is 57.8. The predicted molar refractivity (Wildman–Crippen MR) is 386 cm³/mol. The molecule has 0 radical (unpaired) electrons. The minimum Gasteiger partial charge on any atom is -0.236 e. The van der Waals surface area contributed by atoms with E-state index >= 15 is 0 Å². The summed E-state index contributed by atoms with van der Waals surface area (Å²) < 4.78 is 8.99. The van der Waals surface area contributed by atoms with Crippen LogP contribution in [-0.2, 0) is 21.1 Å². The molecule has 0 saturated heterocycles. The number of aromatic nitrogens is 4. The minimum atomic E-state index is 1.25. The number of hydrogen-bond acceptors (Lipinski definition) is 0. The number of rotatable bonds is 0. The maximum absolute atomic E-state index is 2.34. The highest BCUT2D eigenvalue weighted by Gasteiger charge is 2.19. The topological polar surface area (TPSA) is 16.1 Å². The van der Waals surface area contributed by atoms with Crippen LogP contribution in [-0.4, -0.2) is 4.40 Å². The molecule has 0 aliphatic rings. The van der Waals surface area contributed by atoms with Crippen LogP contribution < -0.4 is 13.7 Å². The molecular formula is C81H111N4+3. The molecule has 9 aromatic carbocycles. The molecule has 0 N–H and O–H groups in total. The first-order valence-electron chi connectivity index (χ1n) is 32.3. The molecule has 4 nitrogen and oxygen atoms in total. The molecule has 4 heterocycles. The average Bonchev–Trinajstić information content (AvgIpc) is 2.19. The predicted octanol–water partition coefficient (Wildman–Crippen LogP) is 23.5. The highest BCUT2D eigenvalue weighted by Crippen LogP contribution is 2.33. The van der Waals surface area contributed by atoms with Gasteiger partial charge in [0.15, 0.2) is 17.4 Å². The molecule has 0 aliphatic heterocycles. The lowest BCUT2D eigenvalue weighted by Gasteiger charge is -2.11. The summed E-state index contributed by atoms with van der Waals surface area (Å²) in [5.74, 6) is 1.25. The van der Waals surface area contributed by atoms with Crippen LogP contribution in [0.15, 0.2) is 200 Å². The normalized spacial score (nSPS) is 9.53. The second-order valence-corrected chi connectivity index (χ2v) is 17.9. The molecule has 0 saturated carbocycles. The number of para-hydroxylation sites is 2. The van der Waals surface area contributed by atoms with Crippen LogP contribution in [0.1, 0.15) is 153 Å². The first kappa shape index (κ1) is 75.1. The summed E-state index contributed by atoms with van der Waals surface area (Å²) in [5.41, 5.74) is 10.6. The lowest BCUT2D eigenvalue weighted by molar-refractivity contribution is -0.676. The van der Waals surface area contributed by atoms with Gasteiger partial charge in [-0.1, -0.05) is 264 Å². The largest absolute Gasteiger partial charge is 0.258 e. The number of hydrogen-bond donors (Lipinski definition) is 0. The van der Waals surface area contributed by atoms with Crippen molar-refractivity contribution in [2.24, 2.45) is 21.1 Å². The van der Waals surface area contributed by atoms with E-state index in [2.05, 4.69) is 274 Å². The molecule has 85 heavy (non-hydrogen) atoms. The van der Waals surface area contributed by atoms with Crippen LogP contribution in [0.4, 0.5) is 0 Å². The number of pyridine rings is 3. The van der Waals surface area contributed by atoms with E-state index in [0.29, 0.717) is 0 Å². The fraction of sp³-hybridized carbons (Fsp3) is 0.321. The van der Waals surface area contributed by atoms with Crippen LogP contribution in [0.25, 0.3) is 92.1 Å². The Morgan fingerprint density at radius 1 is 0.294 bits per heavy atom. The number of fused-ring (bicyclic) bond motifs is 15. The maximum atomic E-state index is 2.34. The fourth-order valence-corrected chi connectivity index (χ4v) is 10.3. The molecule has 0 atom stereocenters. The number of benzene rings is 9. The van der Waals surface area contributed by atoms with Crippen molar-refractivity contribution in [3.05, 3.63) is 229 Å². The molecule has 13 rings (SSSR count). The summed E-state index contributed by atoms with van der Waals surface area (Å²) in [6.45, 7) is 46.9. The van der Waals surface area contributed by atoms with Crippen molar-refractivity contribution in [3.8, 4) is 0 Å². The summed E-state index contributed by atoms with van der Waals surface area (Å²) in [6.07, 6.45) is 4.32. The van der Waals surface area contributed by atoms with Gasteiger partial charge in [-0.05, 0) is 106 Å². The molecule has 0 bridgehead atoms. The van der Waals surface area contributed by atoms with E-state index in [-0.39, 0.29) is 0 Å². The van der Waals surface area contributed by atoms with Gasteiger partial charge in [0.25, 0.3) is 5.82 Å². The van der Waals surface area contributed by atoms with Crippen LogP contribution in [0.3, 0.4) is 0 Å². The molecule has 13 aromatic rings. The van der Waals surface area contributed by atoms with Gasteiger partial charge in [0.2, 0.25) is 11.0 Å². The smallest absolute Gasteiger partial charge is 0.236 e. The van der Waals surface area contributed by atoms with Crippen LogP contribution in [0.5, 0.6) is 0 Å².